The van der Waals surface area contributed by atoms with Crippen molar-refractivity contribution in [1.82, 2.24) is 14.8 Å². The van der Waals surface area contributed by atoms with Gasteiger partial charge in [-0.15, -0.1) is 10.2 Å². The van der Waals surface area contributed by atoms with Crippen LogP contribution in [-0.4, -0.2) is 20.5 Å². The highest BCUT2D eigenvalue weighted by atomic mass is 32.2. The quantitative estimate of drug-likeness (QED) is 0.812. The zero-order valence-electron chi connectivity index (χ0n) is 10.2. The third-order valence-corrected chi connectivity index (χ3v) is 4.42. The van der Waals surface area contributed by atoms with Crippen LogP contribution in [0.2, 0.25) is 0 Å². The van der Waals surface area contributed by atoms with E-state index in [1.807, 2.05) is 4.57 Å². The van der Waals surface area contributed by atoms with Crippen molar-refractivity contribution in [2.75, 3.05) is 11.5 Å². The van der Waals surface area contributed by atoms with Crippen molar-refractivity contribution in [3.63, 3.8) is 0 Å². The van der Waals surface area contributed by atoms with Crippen molar-refractivity contribution >= 4 is 17.7 Å². The van der Waals surface area contributed by atoms with Gasteiger partial charge in [0, 0.05) is 18.2 Å². The molecule has 2 N–H and O–H groups in total. The molecule has 92 valence electrons. The number of nitrogens with zero attached hydrogens (tertiary/aromatic N) is 4. The molecule has 1 aromatic heterocycles. The monoisotopic (exact) mass is 251 g/mol. The summed E-state index contributed by atoms with van der Waals surface area (Å²) in [7, 11) is 0. The van der Waals surface area contributed by atoms with Gasteiger partial charge in [0.2, 0.25) is 5.95 Å². The van der Waals surface area contributed by atoms with E-state index in [2.05, 4.69) is 30.1 Å². The fourth-order valence-electron chi connectivity index (χ4n) is 1.81. The second-order valence-electron chi connectivity index (χ2n) is 4.93. The van der Waals surface area contributed by atoms with Crippen LogP contribution in [0.25, 0.3) is 0 Å². The Hall–Kier alpha value is -1.22. The Morgan fingerprint density at radius 2 is 2.24 bits per heavy atom. The van der Waals surface area contributed by atoms with E-state index < -0.39 is 0 Å². The molecule has 1 fully saturated rings. The summed E-state index contributed by atoms with van der Waals surface area (Å²) in [6.45, 7) is 4.12. The average Bonchev–Trinajstić information content (AvgIpc) is 2.92. The van der Waals surface area contributed by atoms with Gasteiger partial charge in [0.25, 0.3) is 0 Å². The predicted molar refractivity (Wildman–Crippen MR) is 67.4 cm³/mol. The zero-order chi connectivity index (χ0) is 12.5. The van der Waals surface area contributed by atoms with Gasteiger partial charge in [0.15, 0.2) is 5.16 Å². The van der Waals surface area contributed by atoms with Crippen LogP contribution in [-0.2, 0) is 0 Å². The van der Waals surface area contributed by atoms with E-state index in [1.165, 1.54) is 0 Å². The standard InChI is InChI=1S/C11H17N5S/c1-8(2)16-9(13)14-15-10(16)17-7-11(3-4-11)5-6-12/h8H,3-5,7H2,1-2H3,(H2,13,14). The van der Waals surface area contributed by atoms with Crippen molar-refractivity contribution in [2.45, 2.75) is 44.3 Å². The molecule has 0 bridgehead atoms. The van der Waals surface area contributed by atoms with Crippen LogP contribution >= 0.6 is 11.8 Å². The number of nitrogen functional groups attached to an aromatic ring is 1. The molecule has 1 saturated carbocycles. The SMILES string of the molecule is CC(C)n1c(N)nnc1SCC1(CC#N)CC1. The van der Waals surface area contributed by atoms with Crippen molar-refractivity contribution in [1.29, 1.82) is 5.26 Å². The minimum Gasteiger partial charge on any atom is -0.368 e. The molecule has 0 atom stereocenters. The minimum atomic E-state index is 0.224. The molecule has 1 aromatic rings. The van der Waals surface area contributed by atoms with Crippen molar-refractivity contribution < 1.29 is 0 Å². The van der Waals surface area contributed by atoms with Crippen LogP contribution in [0, 0.1) is 16.7 Å². The molecule has 0 spiro atoms. The first-order valence-corrected chi connectivity index (χ1v) is 6.77. The number of nitrogens with two attached hydrogens (primary N) is 1. The first kappa shape index (κ1) is 12.2. The normalized spacial score (nSPS) is 17.1. The Bertz CT molecular complexity index is 441. The first-order valence-electron chi connectivity index (χ1n) is 5.78. The van der Waals surface area contributed by atoms with E-state index in [-0.39, 0.29) is 11.5 Å². The fraction of sp³-hybridized carbons (Fsp3) is 0.727. The zero-order valence-corrected chi connectivity index (χ0v) is 11.0. The number of nitriles is 1. The summed E-state index contributed by atoms with van der Waals surface area (Å²) in [5, 5.41) is 17.6. The van der Waals surface area contributed by atoms with E-state index in [0.717, 1.165) is 23.8 Å². The summed E-state index contributed by atoms with van der Waals surface area (Å²) < 4.78 is 1.94. The van der Waals surface area contributed by atoms with Crippen LogP contribution in [0.1, 0.15) is 39.2 Å². The van der Waals surface area contributed by atoms with Crippen LogP contribution in [0.3, 0.4) is 0 Å². The molecule has 17 heavy (non-hydrogen) atoms. The Balaban J connectivity index is 2.03. The number of hydrogen-bond donors (Lipinski definition) is 1. The summed E-state index contributed by atoms with van der Waals surface area (Å²) in [6.07, 6.45) is 2.95. The van der Waals surface area contributed by atoms with Crippen LogP contribution < -0.4 is 5.73 Å². The summed E-state index contributed by atoms with van der Waals surface area (Å²) in [6, 6.07) is 2.53. The van der Waals surface area contributed by atoms with Gasteiger partial charge in [0.1, 0.15) is 0 Å². The Kier molecular flexibility index (Phi) is 3.29. The third-order valence-electron chi connectivity index (χ3n) is 3.13. The lowest BCUT2D eigenvalue weighted by atomic mass is 10.1. The van der Waals surface area contributed by atoms with Gasteiger partial charge in [-0.3, -0.25) is 4.57 Å². The lowest BCUT2D eigenvalue weighted by molar-refractivity contribution is 0.553. The summed E-state index contributed by atoms with van der Waals surface area (Å²) in [4.78, 5) is 0. The highest BCUT2D eigenvalue weighted by Crippen LogP contribution is 2.51. The lowest BCUT2D eigenvalue weighted by Gasteiger charge is -2.13. The Labute approximate surface area is 105 Å². The number of rotatable bonds is 5. The van der Waals surface area contributed by atoms with Gasteiger partial charge in [-0.05, 0) is 32.1 Å². The lowest BCUT2D eigenvalue weighted by Crippen LogP contribution is -2.09. The second kappa shape index (κ2) is 4.57. The topological polar surface area (TPSA) is 80.5 Å². The van der Waals surface area contributed by atoms with Gasteiger partial charge in [0.05, 0.1) is 6.07 Å². The number of aromatic nitrogens is 3. The van der Waals surface area contributed by atoms with Gasteiger partial charge in [-0.1, -0.05) is 11.8 Å². The molecule has 2 rings (SSSR count). The molecule has 1 aliphatic carbocycles. The molecular weight excluding hydrogens is 234 g/mol. The molecule has 0 aromatic carbocycles. The summed E-state index contributed by atoms with van der Waals surface area (Å²) >= 11 is 1.66. The molecule has 0 amide bonds. The highest BCUT2D eigenvalue weighted by Gasteiger charge is 2.42. The summed E-state index contributed by atoms with van der Waals surface area (Å²) in [5.41, 5.74) is 6.00. The molecule has 6 heteroatoms. The van der Waals surface area contributed by atoms with E-state index in [9.17, 15) is 0 Å². The maximum absolute atomic E-state index is 8.77. The van der Waals surface area contributed by atoms with E-state index in [4.69, 9.17) is 11.0 Å². The van der Waals surface area contributed by atoms with E-state index >= 15 is 0 Å². The fourth-order valence-corrected chi connectivity index (χ4v) is 3.17. The second-order valence-corrected chi connectivity index (χ2v) is 5.87. The van der Waals surface area contributed by atoms with E-state index in [1.54, 1.807) is 11.8 Å². The number of thioether (sulfide) groups is 1. The number of hydrogen-bond acceptors (Lipinski definition) is 5. The highest BCUT2D eigenvalue weighted by molar-refractivity contribution is 7.99. The Morgan fingerprint density at radius 1 is 1.53 bits per heavy atom. The smallest absolute Gasteiger partial charge is 0.222 e. The minimum absolute atomic E-state index is 0.224. The largest absolute Gasteiger partial charge is 0.368 e. The van der Waals surface area contributed by atoms with Crippen LogP contribution in [0.15, 0.2) is 5.16 Å². The molecule has 1 aliphatic rings. The van der Waals surface area contributed by atoms with Crippen molar-refractivity contribution in [3.05, 3.63) is 0 Å². The number of anilines is 1. The van der Waals surface area contributed by atoms with Crippen molar-refractivity contribution in [3.8, 4) is 6.07 Å². The first-order chi connectivity index (χ1) is 8.08. The molecule has 0 aliphatic heterocycles. The van der Waals surface area contributed by atoms with Crippen molar-refractivity contribution in [2.24, 2.45) is 5.41 Å². The van der Waals surface area contributed by atoms with Crippen LogP contribution in [0.5, 0.6) is 0 Å². The maximum Gasteiger partial charge on any atom is 0.222 e. The maximum atomic E-state index is 8.77. The molecule has 0 radical (unpaired) electrons. The van der Waals surface area contributed by atoms with Gasteiger partial charge in [-0.2, -0.15) is 5.26 Å². The molecule has 1 heterocycles. The molecule has 0 unspecified atom stereocenters. The molecule has 5 nitrogen and oxygen atoms in total. The molecule has 0 saturated heterocycles. The molecular formula is C11H17N5S. The summed E-state index contributed by atoms with van der Waals surface area (Å²) in [5.74, 6) is 1.40. The van der Waals surface area contributed by atoms with Crippen LogP contribution in [0.4, 0.5) is 5.95 Å². The average molecular weight is 251 g/mol. The predicted octanol–water partition coefficient (Wildman–Crippen LogP) is 2.23. The third kappa shape index (κ3) is 2.55. The van der Waals surface area contributed by atoms with Gasteiger partial charge >= 0.3 is 0 Å². The van der Waals surface area contributed by atoms with E-state index in [0.29, 0.717) is 12.4 Å². The van der Waals surface area contributed by atoms with Gasteiger partial charge in [-0.25, -0.2) is 0 Å². The Morgan fingerprint density at radius 3 is 2.76 bits per heavy atom. The van der Waals surface area contributed by atoms with Gasteiger partial charge < -0.3 is 5.73 Å².